The van der Waals surface area contributed by atoms with Crippen molar-refractivity contribution in [1.29, 1.82) is 0 Å². The van der Waals surface area contributed by atoms with Crippen molar-refractivity contribution < 1.29 is 19.2 Å². The molecule has 2 aromatic carbocycles. The van der Waals surface area contributed by atoms with Crippen molar-refractivity contribution in [2.24, 2.45) is 11.6 Å². The van der Waals surface area contributed by atoms with Crippen molar-refractivity contribution >= 4 is 27.8 Å². The molecule has 6 N–H and O–H groups in total. The highest BCUT2D eigenvalue weighted by atomic mass is 32.3. The van der Waals surface area contributed by atoms with E-state index in [0.717, 1.165) is 20.2 Å². The number of carbonyl (C=O) groups is 1. The third-order valence-corrected chi connectivity index (χ3v) is 10.2. The predicted molar refractivity (Wildman–Crippen MR) is 147 cm³/mol. The molecule has 2 atom stereocenters. The van der Waals surface area contributed by atoms with Gasteiger partial charge in [-0.15, -0.1) is 11.3 Å². The number of thiophene rings is 1. The monoisotopic (exact) mass is 530 g/mol. The highest BCUT2D eigenvalue weighted by molar-refractivity contribution is 8.27. The number of hydrogen-bond donors (Lipinski definition) is 4. The zero-order chi connectivity index (χ0) is 26.3. The van der Waals surface area contributed by atoms with Crippen LogP contribution in [0.4, 0.5) is 0 Å². The fraction of sp³-hybridized carbons (Fsp3) is 0.269. The molecular weight excluding hydrogens is 496 g/mol. The van der Waals surface area contributed by atoms with Crippen molar-refractivity contribution in [2.45, 2.75) is 23.1 Å². The highest BCUT2D eigenvalue weighted by Crippen LogP contribution is 2.55. The number of benzene rings is 2. The van der Waals surface area contributed by atoms with Crippen molar-refractivity contribution in [3.05, 3.63) is 84.2 Å². The maximum absolute atomic E-state index is 12.0. The number of hydrazine groups is 1. The van der Waals surface area contributed by atoms with E-state index in [-0.39, 0.29) is 18.7 Å². The minimum absolute atomic E-state index is 0.0634. The van der Waals surface area contributed by atoms with E-state index in [1.165, 1.54) is 12.1 Å². The molecule has 0 radical (unpaired) electrons. The summed E-state index contributed by atoms with van der Waals surface area (Å²) >= 11 is 1.56. The lowest BCUT2D eigenvalue weighted by Crippen LogP contribution is -2.41. The molecule has 0 aliphatic heterocycles. The Morgan fingerprint density at radius 1 is 1.14 bits per heavy atom. The van der Waals surface area contributed by atoms with Crippen LogP contribution in [-0.4, -0.2) is 57.9 Å². The van der Waals surface area contributed by atoms with Gasteiger partial charge in [-0.1, -0.05) is 42.5 Å². The Morgan fingerprint density at radius 3 is 2.44 bits per heavy atom. The van der Waals surface area contributed by atoms with Crippen LogP contribution in [0.5, 0.6) is 5.75 Å². The van der Waals surface area contributed by atoms with Crippen LogP contribution in [0.1, 0.15) is 12.0 Å². The number of ether oxygens (including phenoxy) is 1. The number of rotatable bonds is 11. The van der Waals surface area contributed by atoms with Crippen LogP contribution in [0.3, 0.4) is 0 Å². The van der Waals surface area contributed by atoms with Gasteiger partial charge in [-0.2, -0.15) is 0 Å². The van der Waals surface area contributed by atoms with Crippen LogP contribution < -0.4 is 11.6 Å². The van der Waals surface area contributed by atoms with Gasteiger partial charge in [0.25, 0.3) is 0 Å². The number of phenolic OH excluding ortho intramolecular Hbond substituents is 1. The predicted octanol–water partition coefficient (Wildman–Crippen LogP) is 4.38. The first-order valence-corrected chi connectivity index (χ1v) is 14.1. The van der Waals surface area contributed by atoms with Gasteiger partial charge in [0.1, 0.15) is 5.75 Å². The summed E-state index contributed by atoms with van der Waals surface area (Å²) in [6.07, 6.45) is 3.91. The lowest BCUT2D eigenvalue weighted by molar-refractivity contribution is -0.141. The molecule has 3 aromatic rings. The van der Waals surface area contributed by atoms with Gasteiger partial charge in [0.05, 0.1) is 30.3 Å². The maximum Gasteiger partial charge on any atom is 0.307 e. The fourth-order valence-electron chi connectivity index (χ4n) is 3.62. The smallest absolute Gasteiger partial charge is 0.307 e. The molecule has 0 saturated heterocycles. The Morgan fingerprint density at radius 2 is 1.81 bits per heavy atom. The van der Waals surface area contributed by atoms with Crippen LogP contribution >= 0.6 is 21.8 Å². The van der Waals surface area contributed by atoms with E-state index in [4.69, 9.17) is 16.3 Å². The van der Waals surface area contributed by atoms with Gasteiger partial charge in [0.15, 0.2) is 0 Å². The molecule has 3 rings (SSSR count). The van der Waals surface area contributed by atoms with Crippen LogP contribution in [-0.2, 0) is 16.0 Å². The zero-order valence-corrected chi connectivity index (χ0v) is 22.3. The van der Waals surface area contributed by atoms with E-state index in [1.54, 1.807) is 41.8 Å². The summed E-state index contributed by atoms with van der Waals surface area (Å²) in [5.41, 5.74) is 8.76. The van der Waals surface area contributed by atoms with Gasteiger partial charge in [-0.05, 0) is 59.4 Å². The first-order chi connectivity index (χ1) is 17.1. The molecule has 0 aliphatic carbocycles. The maximum atomic E-state index is 12.0. The molecule has 36 heavy (non-hydrogen) atoms. The van der Waals surface area contributed by atoms with E-state index >= 15 is 0 Å². The number of nitrogens with two attached hydrogens (primary N) is 2. The number of hydrogen-bond acceptors (Lipinski definition) is 9. The van der Waals surface area contributed by atoms with Crippen molar-refractivity contribution in [2.75, 3.05) is 27.0 Å². The minimum atomic E-state index is -2.28. The summed E-state index contributed by atoms with van der Waals surface area (Å²) < 4.78 is 18.9. The second-order valence-corrected chi connectivity index (χ2v) is 12.6. The number of nitrogens with zero attached hydrogens (tertiary/aromatic N) is 2. The summed E-state index contributed by atoms with van der Waals surface area (Å²) in [7, 11) is 0.874. The van der Waals surface area contributed by atoms with Crippen LogP contribution in [0, 0.1) is 0 Å². The molecule has 1 unspecified atom stereocenters. The summed E-state index contributed by atoms with van der Waals surface area (Å²) in [4.78, 5) is 13.1. The van der Waals surface area contributed by atoms with Gasteiger partial charge >= 0.3 is 5.97 Å². The number of phenols is 1. The van der Waals surface area contributed by atoms with Crippen molar-refractivity contribution in [3.8, 4) is 16.2 Å². The van der Waals surface area contributed by atoms with Crippen LogP contribution in [0.2, 0.25) is 0 Å². The number of esters is 1. The zero-order valence-electron chi connectivity index (χ0n) is 20.7. The molecule has 1 aromatic heterocycles. The minimum Gasteiger partial charge on any atom is -0.508 e. The molecule has 0 spiro atoms. The largest absolute Gasteiger partial charge is 0.508 e. The second-order valence-electron chi connectivity index (χ2n) is 8.56. The summed E-state index contributed by atoms with van der Waals surface area (Å²) in [5.74, 6) is 6.08. The molecule has 10 heteroatoms. The van der Waals surface area contributed by atoms with E-state index in [2.05, 4.69) is 0 Å². The summed E-state index contributed by atoms with van der Waals surface area (Å²) in [6, 6.07) is 20.3. The first-order valence-electron chi connectivity index (χ1n) is 11.3. The number of methoxy groups -OCH3 is 1. The Labute approximate surface area is 218 Å². The number of likely N-dealkylation sites (N-methyl/N-ethyl adjacent to an activating group) is 1. The Hall–Kier alpha value is -3.02. The molecule has 1 heterocycles. The quantitative estimate of drug-likeness (QED) is 0.163. The molecular formula is C26H34N4O4S2. The average molecular weight is 531 g/mol. The van der Waals surface area contributed by atoms with Gasteiger partial charge in [0.2, 0.25) is 0 Å². The molecule has 0 saturated carbocycles. The molecule has 0 amide bonds. The van der Waals surface area contributed by atoms with Gasteiger partial charge in [0, 0.05) is 23.0 Å². The van der Waals surface area contributed by atoms with Gasteiger partial charge in [-0.3, -0.25) is 4.79 Å². The lowest BCUT2D eigenvalue weighted by Gasteiger charge is -2.38. The molecule has 0 fully saturated rings. The number of aromatic hydroxyl groups is 1. The van der Waals surface area contributed by atoms with E-state index in [1.807, 2.05) is 60.1 Å². The molecule has 0 bridgehead atoms. The Bertz CT molecular complexity index is 1170. The highest BCUT2D eigenvalue weighted by Gasteiger charge is 2.26. The van der Waals surface area contributed by atoms with Crippen LogP contribution in [0.15, 0.2) is 82.8 Å². The fourth-order valence-corrected chi connectivity index (χ4v) is 6.68. The third-order valence-electron chi connectivity index (χ3n) is 5.81. The normalized spacial score (nSPS) is 15.2. The first kappa shape index (κ1) is 27.6. The molecule has 0 aliphatic rings. The topological polar surface area (TPSA) is 125 Å². The molecule has 194 valence electrons. The lowest BCUT2D eigenvalue weighted by atomic mass is 10.0. The average Bonchev–Trinajstić information content (AvgIpc) is 3.36. The van der Waals surface area contributed by atoms with Crippen LogP contribution in [0.25, 0.3) is 10.4 Å². The van der Waals surface area contributed by atoms with E-state index in [0.29, 0.717) is 12.1 Å². The second kappa shape index (κ2) is 12.3. The Kier molecular flexibility index (Phi) is 9.41. The van der Waals surface area contributed by atoms with E-state index < -0.39 is 22.5 Å². The Balaban J connectivity index is 1.71. The third kappa shape index (κ3) is 7.25. The molecule has 8 nitrogen and oxygen atoms in total. The standard InChI is InChI=1S/C26H34N4O4S2/c1-29(36(3,33)26-14-13-24(35-26)20-7-5-4-6-8-20)17-21(27)18-30(28)22(16-25(32)34-2)15-19-9-11-23(31)12-10-19/h4-14,18,22,31,33H,15-17,27-28H2,1-3H3/b21-18-/t22-/m0/s1. The van der Waals surface area contributed by atoms with Gasteiger partial charge < -0.3 is 25.1 Å². The van der Waals surface area contributed by atoms with Crippen molar-refractivity contribution in [3.63, 3.8) is 0 Å². The van der Waals surface area contributed by atoms with E-state index in [9.17, 15) is 14.5 Å². The SMILES string of the molecule is COC(=O)C[C@H](Cc1ccc(O)cc1)N(N)/C=C(\N)CN(C)S(C)(O)c1ccc(-c2ccccc2)s1. The van der Waals surface area contributed by atoms with Crippen molar-refractivity contribution in [1.82, 2.24) is 9.31 Å². The summed E-state index contributed by atoms with van der Waals surface area (Å²) in [6.45, 7) is 0.277. The summed E-state index contributed by atoms with van der Waals surface area (Å²) in [5, 5.41) is 10.9. The number of carbonyl (C=O) groups excluding carboxylic acids is 1. The van der Waals surface area contributed by atoms with Gasteiger partial charge in [-0.25, -0.2) is 10.1 Å².